The van der Waals surface area contributed by atoms with Crippen LogP contribution in [0, 0.1) is 19.8 Å². The van der Waals surface area contributed by atoms with Crippen molar-refractivity contribution in [1.29, 1.82) is 0 Å². The first-order valence-corrected chi connectivity index (χ1v) is 14.1. The van der Waals surface area contributed by atoms with E-state index in [2.05, 4.69) is 53.1 Å². The molecule has 8 nitrogen and oxygen atoms in total. The van der Waals surface area contributed by atoms with Gasteiger partial charge in [0.05, 0.1) is 10.9 Å². The van der Waals surface area contributed by atoms with Crippen molar-refractivity contribution < 1.29 is 14.6 Å². The van der Waals surface area contributed by atoms with E-state index >= 15 is 0 Å². The summed E-state index contributed by atoms with van der Waals surface area (Å²) >= 11 is 6.77. The van der Waals surface area contributed by atoms with Crippen LogP contribution in [-0.2, 0) is 24.4 Å². The van der Waals surface area contributed by atoms with Crippen LogP contribution in [0.4, 0.5) is 0 Å². The Bertz CT molecular complexity index is 1580. The van der Waals surface area contributed by atoms with E-state index < -0.39 is 17.8 Å². The number of hydrogen-bond donors (Lipinski definition) is 1. The number of rotatable bonds is 7. The van der Waals surface area contributed by atoms with E-state index in [1.807, 2.05) is 38.2 Å². The van der Waals surface area contributed by atoms with Gasteiger partial charge in [0.15, 0.2) is 0 Å². The number of benzene rings is 2. The van der Waals surface area contributed by atoms with E-state index in [-0.39, 0.29) is 5.60 Å². The summed E-state index contributed by atoms with van der Waals surface area (Å²) in [6, 6.07) is 10.1. The molecule has 0 fully saturated rings. The molecule has 0 saturated carbocycles. The Hall–Kier alpha value is -3.49. The number of ether oxygens (including phenoxy) is 1. The fraction of sp³-hybridized carbons (Fsp3) is 0.419. The third kappa shape index (κ3) is 5.30. The summed E-state index contributed by atoms with van der Waals surface area (Å²) < 4.78 is 8.09. The van der Waals surface area contributed by atoms with Crippen LogP contribution in [0.3, 0.4) is 0 Å². The van der Waals surface area contributed by atoms with Gasteiger partial charge in [0.2, 0.25) is 0 Å². The fourth-order valence-corrected chi connectivity index (χ4v) is 6.19. The third-order valence-corrected chi connectivity index (χ3v) is 8.21. The largest absolute Gasteiger partial charge is 0.486 e. The smallest absolute Gasteiger partial charge is 0.307 e. The second-order valence-corrected chi connectivity index (χ2v) is 11.9. The van der Waals surface area contributed by atoms with Gasteiger partial charge in [-0.15, -0.1) is 5.10 Å². The molecule has 5 rings (SSSR count). The van der Waals surface area contributed by atoms with Crippen molar-refractivity contribution in [3.63, 3.8) is 0 Å². The number of halogens is 1. The molecule has 0 aliphatic carbocycles. The first-order chi connectivity index (χ1) is 19.0. The first-order valence-electron chi connectivity index (χ1n) is 13.7. The number of aromatic nitrogens is 4. The zero-order chi connectivity index (χ0) is 28.8. The average Bonchev–Trinajstić information content (AvgIpc) is 3.29. The zero-order valence-electron chi connectivity index (χ0n) is 23.9. The number of fused-ring (bicyclic) bond motifs is 2. The van der Waals surface area contributed by atoms with Crippen molar-refractivity contribution in [1.82, 2.24) is 24.9 Å². The standard InChI is InChI=1S/C31H36ClN5O3/c1-7-37-29-25(32)13-24(19(3)28(29)34-35-37)27(20(4)30(38)39)21-9-8-18(2)22(12-21)15-36-16-23-14-33-11-10-26(23)40-31(5,6)17-36/h8-14,20,27H,7,15-17H2,1-6H3,(H,38,39)/t20?,27-/m0/s1. The molecule has 1 N–H and O–H groups in total. The highest BCUT2D eigenvalue weighted by Gasteiger charge is 2.32. The second-order valence-electron chi connectivity index (χ2n) is 11.5. The van der Waals surface area contributed by atoms with Gasteiger partial charge in [-0.2, -0.15) is 0 Å². The Morgan fingerprint density at radius 3 is 2.73 bits per heavy atom. The normalized spacial score (nSPS) is 16.7. The molecule has 0 saturated heterocycles. The summed E-state index contributed by atoms with van der Waals surface area (Å²) in [5, 5.41) is 19.3. The minimum Gasteiger partial charge on any atom is -0.486 e. The quantitative estimate of drug-likeness (QED) is 0.289. The SMILES string of the molecule is CCn1nnc2c(C)c([C@H](c3ccc(C)c(CN4Cc5cnccc5OC(C)(C)C4)c3)C(C)C(=O)O)cc(Cl)c21. The monoisotopic (exact) mass is 561 g/mol. The van der Waals surface area contributed by atoms with Gasteiger partial charge >= 0.3 is 5.97 Å². The molecule has 0 amide bonds. The minimum atomic E-state index is -0.865. The summed E-state index contributed by atoms with van der Waals surface area (Å²) in [7, 11) is 0. The number of carbonyl (C=O) groups is 1. The Labute approximate surface area is 239 Å². The minimum absolute atomic E-state index is 0.377. The van der Waals surface area contributed by atoms with Crippen LogP contribution in [0.15, 0.2) is 42.7 Å². The van der Waals surface area contributed by atoms with Gasteiger partial charge in [0.25, 0.3) is 0 Å². The molecule has 2 atom stereocenters. The highest BCUT2D eigenvalue weighted by Crippen LogP contribution is 2.40. The van der Waals surface area contributed by atoms with Crippen molar-refractivity contribution in [2.75, 3.05) is 6.54 Å². The maximum atomic E-state index is 12.4. The summed E-state index contributed by atoms with van der Waals surface area (Å²) in [5.41, 5.74) is 7.14. The molecule has 40 heavy (non-hydrogen) atoms. The Balaban J connectivity index is 1.57. The van der Waals surface area contributed by atoms with Gasteiger partial charge < -0.3 is 9.84 Å². The van der Waals surface area contributed by atoms with Crippen LogP contribution in [0.5, 0.6) is 5.75 Å². The fourth-order valence-electron chi connectivity index (χ4n) is 5.88. The van der Waals surface area contributed by atoms with Crippen molar-refractivity contribution in [3.8, 4) is 5.75 Å². The maximum absolute atomic E-state index is 12.4. The van der Waals surface area contributed by atoms with Gasteiger partial charge in [-0.25, -0.2) is 4.68 Å². The molecule has 9 heteroatoms. The van der Waals surface area contributed by atoms with Gasteiger partial charge in [-0.05, 0) is 74.6 Å². The lowest BCUT2D eigenvalue weighted by Crippen LogP contribution is -2.40. The Morgan fingerprint density at radius 2 is 2.00 bits per heavy atom. The zero-order valence-corrected chi connectivity index (χ0v) is 24.7. The van der Waals surface area contributed by atoms with Crippen LogP contribution < -0.4 is 4.74 Å². The molecule has 0 bridgehead atoms. The number of nitrogens with zero attached hydrogens (tertiary/aromatic N) is 5. The van der Waals surface area contributed by atoms with Gasteiger partial charge in [-0.1, -0.05) is 41.9 Å². The summed E-state index contributed by atoms with van der Waals surface area (Å²) in [5.74, 6) is -1.10. The first kappa shape index (κ1) is 28.1. The molecular formula is C31H36ClN5O3. The van der Waals surface area contributed by atoms with E-state index in [4.69, 9.17) is 16.3 Å². The lowest BCUT2D eigenvalue weighted by Gasteiger charge is -2.30. The molecule has 4 aromatic rings. The molecule has 0 spiro atoms. The highest BCUT2D eigenvalue weighted by molar-refractivity contribution is 6.35. The average molecular weight is 562 g/mol. The number of carboxylic acid groups (broad SMARTS) is 1. The van der Waals surface area contributed by atoms with Crippen molar-refractivity contribution in [2.45, 2.75) is 72.7 Å². The molecule has 1 aliphatic heterocycles. The topological polar surface area (TPSA) is 93.4 Å². The molecule has 210 valence electrons. The van der Waals surface area contributed by atoms with Gasteiger partial charge in [0.1, 0.15) is 22.4 Å². The van der Waals surface area contributed by atoms with Crippen LogP contribution in [0.2, 0.25) is 5.02 Å². The number of pyridine rings is 1. The lowest BCUT2D eigenvalue weighted by molar-refractivity contribution is -0.141. The number of aliphatic carboxylic acids is 1. The number of hydrogen-bond acceptors (Lipinski definition) is 6. The van der Waals surface area contributed by atoms with Crippen molar-refractivity contribution in [2.24, 2.45) is 5.92 Å². The number of carboxylic acids is 1. The highest BCUT2D eigenvalue weighted by atomic mass is 35.5. The molecule has 0 radical (unpaired) electrons. The molecule has 3 heterocycles. The van der Waals surface area contributed by atoms with Crippen LogP contribution >= 0.6 is 11.6 Å². The van der Waals surface area contributed by atoms with Crippen molar-refractivity contribution >= 4 is 28.6 Å². The second kappa shape index (κ2) is 10.8. The molecule has 2 aromatic carbocycles. The summed E-state index contributed by atoms with van der Waals surface area (Å²) in [6.07, 6.45) is 3.63. The van der Waals surface area contributed by atoms with Gasteiger partial charge in [0, 0.05) is 50.1 Å². The van der Waals surface area contributed by atoms with E-state index in [0.717, 1.165) is 51.2 Å². The summed E-state index contributed by atoms with van der Waals surface area (Å²) in [6.45, 7) is 14.8. The maximum Gasteiger partial charge on any atom is 0.307 e. The summed E-state index contributed by atoms with van der Waals surface area (Å²) in [4.78, 5) is 19.1. The van der Waals surface area contributed by atoms with E-state index in [1.165, 1.54) is 0 Å². The van der Waals surface area contributed by atoms with E-state index in [9.17, 15) is 9.90 Å². The molecular weight excluding hydrogens is 526 g/mol. The van der Waals surface area contributed by atoms with Crippen LogP contribution in [0.25, 0.3) is 11.0 Å². The van der Waals surface area contributed by atoms with E-state index in [1.54, 1.807) is 17.8 Å². The molecule has 2 aromatic heterocycles. The molecule has 1 unspecified atom stereocenters. The Kier molecular flexibility index (Phi) is 7.59. The van der Waals surface area contributed by atoms with Crippen LogP contribution in [-0.4, -0.2) is 48.1 Å². The third-order valence-electron chi connectivity index (χ3n) is 7.93. The van der Waals surface area contributed by atoms with Crippen molar-refractivity contribution in [3.05, 3.63) is 81.1 Å². The predicted molar refractivity (Wildman–Crippen MR) is 156 cm³/mol. The van der Waals surface area contributed by atoms with Crippen LogP contribution in [0.1, 0.15) is 67.0 Å². The molecule has 1 aliphatic rings. The predicted octanol–water partition coefficient (Wildman–Crippen LogP) is 6.14. The van der Waals surface area contributed by atoms with E-state index in [0.29, 0.717) is 30.2 Å². The number of aryl methyl sites for hydroxylation is 3. The van der Waals surface area contributed by atoms with Gasteiger partial charge in [-0.3, -0.25) is 14.7 Å². The lowest BCUT2D eigenvalue weighted by atomic mass is 9.78. The Morgan fingerprint density at radius 1 is 1.23 bits per heavy atom.